The molecule has 0 amide bonds. The van der Waals surface area contributed by atoms with Crippen molar-refractivity contribution in [3.8, 4) is 0 Å². The van der Waals surface area contributed by atoms with Crippen LogP contribution < -0.4 is 0 Å². The fourth-order valence-electron chi connectivity index (χ4n) is 0.778. The molecular weight excluding hydrogens is 140 g/mol. The van der Waals surface area contributed by atoms with Gasteiger partial charge in [-0.25, -0.2) is 9.97 Å². The zero-order chi connectivity index (χ0) is 8.10. The van der Waals surface area contributed by atoms with Gasteiger partial charge in [0.25, 0.3) is 0 Å². The lowest BCUT2D eigenvalue weighted by molar-refractivity contribution is 0.112. The van der Waals surface area contributed by atoms with E-state index in [-0.39, 0.29) is 0 Å². The van der Waals surface area contributed by atoms with Crippen LogP contribution in [0.5, 0.6) is 0 Å². The predicted molar refractivity (Wildman–Crippen MR) is 41.4 cm³/mol. The van der Waals surface area contributed by atoms with Gasteiger partial charge in [-0.05, 0) is 6.42 Å². The van der Waals surface area contributed by atoms with Crippen molar-refractivity contribution in [1.29, 1.82) is 0 Å². The summed E-state index contributed by atoms with van der Waals surface area (Å²) in [5.41, 5.74) is 0.532. The second-order valence-electron chi connectivity index (χ2n) is 2.30. The number of carbonyl (C=O) groups excluding carboxylic acids is 1. The first-order valence-electron chi connectivity index (χ1n) is 3.63. The van der Waals surface area contributed by atoms with Crippen molar-refractivity contribution >= 4 is 6.29 Å². The molecule has 0 aliphatic heterocycles. The second kappa shape index (κ2) is 3.81. The Morgan fingerprint density at radius 1 is 1.45 bits per heavy atom. The molecule has 0 saturated carbocycles. The lowest BCUT2D eigenvalue weighted by Crippen LogP contribution is -1.94. The maximum Gasteiger partial charge on any atom is 0.153 e. The Morgan fingerprint density at radius 3 is 2.55 bits per heavy atom. The van der Waals surface area contributed by atoms with Crippen LogP contribution in [0.15, 0.2) is 12.4 Å². The molecule has 11 heavy (non-hydrogen) atoms. The number of nitrogens with zero attached hydrogens (tertiary/aromatic N) is 2. The summed E-state index contributed by atoms with van der Waals surface area (Å²) in [5, 5.41) is 0. The lowest BCUT2D eigenvalue weighted by Gasteiger charge is -1.94. The first kappa shape index (κ1) is 7.85. The van der Waals surface area contributed by atoms with Crippen molar-refractivity contribution < 1.29 is 4.79 Å². The van der Waals surface area contributed by atoms with E-state index in [1.54, 1.807) is 12.4 Å². The minimum Gasteiger partial charge on any atom is -0.298 e. The van der Waals surface area contributed by atoms with Crippen LogP contribution in [0.1, 0.15) is 29.5 Å². The summed E-state index contributed by atoms with van der Waals surface area (Å²) < 4.78 is 0. The van der Waals surface area contributed by atoms with Gasteiger partial charge in [0.15, 0.2) is 6.29 Å². The van der Waals surface area contributed by atoms with Gasteiger partial charge < -0.3 is 0 Å². The number of hydrogen-bond donors (Lipinski definition) is 0. The summed E-state index contributed by atoms with van der Waals surface area (Å²) >= 11 is 0. The average molecular weight is 150 g/mol. The van der Waals surface area contributed by atoms with Crippen LogP contribution in [0.3, 0.4) is 0 Å². The van der Waals surface area contributed by atoms with E-state index < -0.39 is 0 Å². The molecule has 1 aromatic heterocycles. The SMILES string of the molecule is CCCc1ncc(C=O)cn1. The monoisotopic (exact) mass is 150 g/mol. The molecule has 58 valence electrons. The van der Waals surface area contributed by atoms with Gasteiger partial charge in [-0.1, -0.05) is 6.92 Å². The Kier molecular flexibility index (Phi) is 2.72. The Morgan fingerprint density at radius 2 is 2.09 bits per heavy atom. The topological polar surface area (TPSA) is 42.9 Å². The van der Waals surface area contributed by atoms with E-state index in [0.29, 0.717) is 5.56 Å². The van der Waals surface area contributed by atoms with Gasteiger partial charge in [-0.15, -0.1) is 0 Å². The van der Waals surface area contributed by atoms with E-state index in [1.165, 1.54) is 0 Å². The van der Waals surface area contributed by atoms with Crippen molar-refractivity contribution in [1.82, 2.24) is 9.97 Å². The number of carbonyl (C=O) groups is 1. The Labute approximate surface area is 65.5 Å². The molecule has 0 unspecified atom stereocenters. The van der Waals surface area contributed by atoms with E-state index in [4.69, 9.17) is 0 Å². The first-order chi connectivity index (χ1) is 5.36. The quantitative estimate of drug-likeness (QED) is 0.609. The maximum atomic E-state index is 10.2. The van der Waals surface area contributed by atoms with E-state index >= 15 is 0 Å². The van der Waals surface area contributed by atoms with Gasteiger partial charge in [0, 0.05) is 18.8 Å². The molecule has 0 fully saturated rings. The van der Waals surface area contributed by atoms with Crippen LogP contribution in [0, 0.1) is 0 Å². The summed E-state index contributed by atoms with van der Waals surface area (Å²) in [7, 11) is 0. The molecule has 0 N–H and O–H groups in total. The molecule has 1 rings (SSSR count). The van der Waals surface area contributed by atoms with Crippen LogP contribution in [-0.4, -0.2) is 16.3 Å². The smallest absolute Gasteiger partial charge is 0.153 e. The van der Waals surface area contributed by atoms with Gasteiger partial charge in [-0.3, -0.25) is 4.79 Å². The highest BCUT2D eigenvalue weighted by atomic mass is 16.1. The molecule has 3 heteroatoms. The number of hydrogen-bond acceptors (Lipinski definition) is 3. The third kappa shape index (κ3) is 2.11. The molecule has 0 radical (unpaired) electrons. The molecule has 0 spiro atoms. The summed E-state index contributed by atoms with van der Waals surface area (Å²) in [6.07, 6.45) is 5.74. The predicted octanol–water partition coefficient (Wildman–Crippen LogP) is 1.24. The molecule has 3 nitrogen and oxygen atoms in total. The molecule has 0 aromatic carbocycles. The van der Waals surface area contributed by atoms with Gasteiger partial charge in [0.05, 0.1) is 5.56 Å². The average Bonchev–Trinajstić information content (AvgIpc) is 2.07. The minimum absolute atomic E-state index is 0.532. The van der Waals surface area contributed by atoms with Crippen molar-refractivity contribution in [2.24, 2.45) is 0 Å². The largest absolute Gasteiger partial charge is 0.298 e. The molecule has 0 bridgehead atoms. The van der Waals surface area contributed by atoms with Crippen molar-refractivity contribution in [3.05, 3.63) is 23.8 Å². The standard InChI is InChI=1S/C8H10N2O/c1-2-3-8-9-4-7(6-11)5-10-8/h4-6H,2-3H2,1H3. The Balaban J connectivity index is 2.74. The molecule has 1 heterocycles. The third-order valence-corrected chi connectivity index (χ3v) is 1.33. The van der Waals surface area contributed by atoms with Crippen LogP contribution in [-0.2, 0) is 6.42 Å². The van der Waals surface area contributed by atoms with Crippen molar-refractivity contribution in [3.63, 3.8) is 0 Å². The van der Waals surface area contributed by atoms with E-state index in [2.05, 4.69) is 16.9 Å². The highest BCUT2D eigenvalue weighted by Gasteiger charge is 1.93. The number of aromatic nitrogens is 2. The highest BCUT2D eigenvalue weighted by molar-refractivity contribution is 5.73. The van der Waals surface area contributed by atoms with Crippen LogP contribution in [0.4, 0.5) is 0 Å². The molecule has 0 atom stereocenters. The van der Waals surface area contributed by atoms with Crippen LogP contribution in [0.2, 0.25) is 0 Å². The van der Waals surface area contributed by atoms with Gasteiger partial charge >= 0.3 is 0 Å². The summed E-state index contributed by atoms with van der Waals surface area (Å²) in [6.45, 7) is 2.07. The van der Waals surface area contributed by atoms with E-state index in [9.17, 15) is 4.79 Å². The summed E-state index contributed by atoms with van der Waals surface area (Å²) in [6, 6.07) is 0. The third-order valence-electron chi connectivity index (χ3n) is 1.33. The number of rotatable bonds is 3. The Bertz CT molecular complexity index is 230. The lowest BCUT2D eigenvalue weighted by atomic mass is 10.3. The normalized spacial score (nSPS) is 9.55. The molecule has 1 aromatic rings. The first-order valence-corrected chi connectivity index (χ1v) is 3.63. The molecule has 0 aliphatic carbocycles. The van der Waals surface area contributed by atoms with Crippen molar-refractivity contribution in [2.45, 2.75) is 19.8 Å². The van der Waals surface area contributed by atoms with E-state index in [1.807, 2.05) is 0 Å². The van der Waals surface area contributed by atoms with Gasteiger partial charge in [-0.2, -0.15) is 0 Å². The molecule has 0 saturated heterocycles. The van der Waals surface area contributed by atoms with Gasteiger partial charge in [0.1, 0.15) is 5.82 Å². The van der Waals surface area contributed by atoms with Gasteiger partial charge in [0.2, 0.25) is 0 Å². The Hall–Kier alpha value is -1.25. The molecular formula is C8H10N2O. The summed E-state index contributed by atoms with van der Waals surface area (Å²) in [4.78, 5) is 18.2. The molecule has 0 aliphatic rings. The van der Waals surface area contributed by atoms with E-state index in [0.717, 1.165) is 25.0 Å². The van der Waals surface area contributed by atoms with Crippen LogP contribution >= 0.6 is 0 Å². The second-order valence-corrected chi connectivity index (χ2v) is 2.30. The van der Waals surface area contributed by atoms with Crippen LogP contribution in [0.25, 0.3) is 0 Å². The fraction of sp³-hybridized carbons (Fsp3) is 0.375. The zero-order valence-corrected chi connectivity index (χ0v) is 6.45. The highest BCUT2D eigenvalue weighted by Crippen LogP contribution is 1.95. The maximum absolute atomic E-state index is 10.2. The fourth-order valence-corrected chi connectivity index (χ4v) is 0.778. The number of aldehydes is 1. The van der Waals surface area contributed by atoms with Crippen molar-refractivity contribution in [2.75, 3.05) is 0 Å². The summed E-state index contributed by atoms with van der Waals surface area (Å²) in [5.74, 6) is 0.804. The minimum atomic E-state index is 0.532. The zero-order valence-electron chi connectivity index (χ0n) is 6.45. The number of aryl methyl sites for hydroxylation is 1.